The average molecular weight is 260 g/mol. The lowest BCUT2D eigenvalue weighted by Crippen LogP contribution is -2.06. The fourth-order valence-corrected chi connectivity index (χ4v) is 1.90. The van der Waals surface area contributed by atoms with Crippen LogP contribution in [0.1, 0.15) is 38.6 Å². The minimum Gasteiger partial charge on any atom is -0.320 e. The van der Waals surface area contributed by atoms with Crippen molar-refractivity contribution in [2.24, 2.45) is 0 Å². The van der Waals surface area contributed by atoms with E-state index in [1.807, 2.05) is 10.9 Å². The third-order valence-corrected chi connectivity index (χ3v) is 2.85. The van der Waals surface area contributed by atoms with Crippen LogP contribution in [-0.2, 0) is 19.4 Å². The second-order valence-corrected chi connectivity index (χ2v) is 4.35. The summed E-state index contributed by atoms with van der Waals surface area (Å²) in [7, 11) is 0. The summed E-state index contributed by atoms with van der Waals surface area (Å²) in [6.07, 6.45) is 6.51. The molecule has 0 amide bonds. The lowest BCUT2D eigenvalue weighted by molar-refractivity contribution is 0.603. The Bertz CT molecular complexity index is 534. The summed E-state index contributed by atoms with van der Waals surface area (Å²) in [5, 5.41) is 15.7. The first-order valence-corrected chi connectivity index (χ1v) is 6.78. The molecule has 0 radical (unpaired) electrons. The van der Waals surface area contributed by atoms with Crippen molar-refractivity contribution in [1.29, 1.82) is 0 Å². The maximum absolute atomic E-state index is 4.49. The number of hydrogen-bond donors (Lipinski definition) is 1. The molecule has 0 saturated carbocycles. The van der Waals surface area contributed by atoms with Gasteiger partial charge in [0.15, 0.2) is 0 Å². The molecule has 0 aromatic carbocycles. The first-order chi connectivity index (χ1) is 9.26. The molecule has 1 N–H and O–H groups in total. The van der Waals surface area contributed by atoms with Crippen molar-refractivity contribution in [2.45, 2.75) is 46.6 Å². The minimum absolute atomic E-state index is 0.532. The third kappa shape index (κ3) is 3.27. The Morgan fingerprint density at radius 1 is 1.11 bits per heavy atom. The Morgan fingerprint density at radius 2 is 1.89 bits per heavy atom. The summed E-state index contributed by atoms with van der Waals surface area (Å²) in [6.45, 7) is 7.17. The lowest BCUT2D eigenvalue weighted by atomic mass is 10.2. The molecule has 0 aliphatic rings. The molecule has 2 rings (SSSR count). The normalized spacial score (nSPS) is 10.7. The summed E-state index contributed by atoms with van der Waals surface area (Å²) in [5.41, 5.74) is 2.86. The molecular formula is C13H20N6. The highest BCUT2D eigenvalue weighted by Gasteiger charge is 2.07. The third-order valence-electron chi connectivity index (χ3n) is 2.85. The second kappa shape index (κ2) is 6.26. The van der Waals surface area contributed by atoms with Crippen molar-refractivity contribution in [3.63, 3.8) is 0 Å². The van der Waals surface area contributed by atoms with E-state index in [1.165, 1.54) is 0 Å². The average Bonchev–Trinajstić information content (AvgIpc) is 2.86. The van der Waals surface area contributed by atoms with Crippen molar-refractivity contribution in [2.75, 3.05) is 5.32 Å². The molecule has 2 aromatic rings. The molecule has 0 aliphatic heterocycles. The molecule has 0 bridgehead atoms. The van der Waals surface area contributed by atoms with Crippen LogP contribution in [-0.4, -0.2) is 25.0 Å². The van der Waals surface area contributed by atoms with Gasteiger partial charge in [-0.25, -0.2) is 4.98 Å². The maximum Gasteiger partial charge on any atom is 0.247 e. The van der Waals surface area contributed by atoms with Gasteiger partial charge in [-0.3, -0.25) is 4.68 Å². The summed E-state index contributed by atoms with van der Waals surface area (Å²) in [5.74, 6) is 0.532. The van der Waals surface area contributed by atoms with Crippen LogP contribution in [0.25, 0.3) is 0 Å². The van der Waals surface area contributed by atoms with Gasteiger partial charge in [-0.15, -0.1) is 10.2 Å². The molecule has 0 aliphatic carbocycles. The Morgan fingerprint density at radius 3 is 2.58 bits per heavy atom. The molecule has 0 fully saturated rings. The number of nitrogens with zero attached hydrogens (tertiary/aromatic N) is 5. The van der Waals surface area contributed by atoms with E-state index in [0.29, 0.717) is 5.95 Å². The largest absolute Gasteiger partial charge is 0.320 e. The zero-order chi connectivity index (χ0) is 13.7. The topological polar surface area (TPSA) is 68.5 Å². The van der Waals surface area contributed by atoms with Crippen molar-refractivity contribution in [3.05, 3.63) is 23.8 Å². The summed E-state index contributed by atoms with van der Waals surface area (Å²) in [6, 6.07) is 0. The lowest BCUT2D eigenvalue weighted by Gasteiger charge is -2.06. The van der Waals surface area contributed by atoms with Crippen LogP contribution in [0.2, 0.25) is 0 Å². The molecule has 2 aromatic heterocycles. The van der Waals surface area contributed by atoms with Crippen LogP contribution in [0, 0.1) is 0 Å². The highest BCUT2D eigenvalue weighted by molar-refractivity contribution is 5.50. The van der Waals surface area contributed by atoms with Crippen molar-refractivity contribution in [3.8, 4) is 0 Å². The van der Waals surface area contributed by atoms with Gasteiger partial charge in [-0.1, -0.05) is 20.8 Å². The second-order valence-electron chi connectivity index (χ2n) is 4.35. The fraction of sp³-hybridized carbons (Fsp3) is 0.538. The number of aryl methyl sites for hydroxylation is 3. The van der Waals surface area contributed by atoms with Crippen LogP contribution in [0.5, 0.6) is 0 Å². The van der Waals surface area contributed by atoms with Crippen molar-refractivity contribution < 1.29 is 0 Å². The van der Waals surface area contributed by atoms with E-state index >= 15 is 0 Å². The highest BCUT2D eigenvalue weighted by Crippen LogP contribution is 2.13. The molecular weight excluding hydrogens is 240 g/mol. The summed E-state index contributed by atoms with van der Waals surface area (Å²) < 4.78 is 1.90. The van der Waals surface area contributed by atoms with Gasteiger partial charge < -0.3 is 5.32 Å². The van der Waals surface area contributed by atoms with Gasteiger partial charge in [0.05, 0.1) is 23.3 Å². The molecule has 0 atom stereocenters. The minimum atomic E-state index is 0.532. The molecule has 19 heavy (non-hydrogen) atoms. The first kappa shape index (κ1) is 13.5. The van der Waals surface area contributed by atoms with E-state index in [-0.39, 0.29) is 0 Å². The van der Waals surface area contributed by atoms with Crippen LogP contribution in [0.3, 0.4) is 0 Å². The van der Waals surface area contributed by atoms with E-state index in [9.17, 15) is 0 Å². The SMILES string of the molecule is CCCn1cc(Nc2nnc(CC)c(CC)n2)cn1. The van der Waals surface area contributed by atoms with Gasteiger partial charge in [0.25, 0.3) is 0 Å². The quantitative estimate of drug-likeness (QED) is 0.863. The van der Waals surface area contributed by atoms with Gasteiger partial charge in [0.2, 0.25) is 5.95 Å². The van der Waals surface area contributed by atoms with Crippen LogP contribution in [0.4, 0.5) is 11.6 Å². The number of anilines is 2. The van der Waals surface area contributed by atoms with Crippen LogP contribution in [0.15, 0.2) is 12.4 Å². The molecule has 0 spiro atoms. The fourth-order valence-electron chi connectivity index (χ4n) is 1.90. The molecule has 0 saturated heterocycles. The van der Waals surface area contributed by atoms with Gasteiger partial charge in [-0.05, 0) is 19.3 Å². The number of nitrogens with one attached hydrogen (secondary N) is 1. The zero-order valence-corrected chi connectivity index (χ0v) is 11.7. The number of aromatic nitrogens is 5. The summed E-state index contributed by atoms with van der Waals surface area (Å²) >= 11 is 0. The van der Waals surface area contributed by atoms with Gasteiger partial charge in [0.1, 0.15) is 0 Å². The van der Waals surface area contributed by atoms with Crippen LogP contribution < -0.4 is 5.32 Å². The highest BCUT2D eigenvalue weighted by atomic mass is 15.3. The molecule has 6 nitrogen and oxygen atoms in total. The predicted octanol–water partition coefficient (Wildman–Crippen LogP) is 2.35. The van der Waals surface area contributed by atoms with Gasteiger partial charge >= 0.3 is 0 Å². The van der Waals surface area contributed by atoms with E-state index < -0.39 is 0 Å². The Kier molecular flexibility index (Phi) is 4.43. The zero-order valence-electron chi connectivity index (χ0n) is 11.7. The Labute approximate surface area is 113 Å². The van der Waals surface area contributed by atoms with E-state index in [1.54, 1.807) is 6.20 Å². The van der Waals surface area contributed by atoms with Crippen LogP contribution >= 0.6 is 0 Å². The molecule has 102 valence electrons. The number of rotatable bonds is 6. The molecule has 2 heterocycles. The first-order valence-electron chi connectivity index (χ1n) is 6.78. The van der Waals surface area contributed by atoms with Gasteiger partial charge in [-0.2, -0.15) is 5.10 Å². The molecule has 6 heteroatoms. The van der Waals surface area contributed by atoms with Gasteiger partial charge in [0, 0.05) is 12.7 Å². The monoisotopic (exact) mass is 260 g/mol. The van der Waals surface area contributed by atoms with Crippen molar-refractivity contribution in [1.82, 2.24) is 25.0 Å². The van der Waals surface area contributed by atoms with E-state index in [2.05, 4.69) is 46.4 Å². The van der Waals surface area contributed by atoms with E-state index in [0.717, 1.165) is 42.9 Å². The van der Waals surface area contributed by atoms with E-state index in [4.69, 9.17) is 0 Å². The summed E-state index contributed by atoms with van der Waals surface area (Å²) in [4.78, 5) is 4.49. The molecule has 0 unspecified atom stereocenters. The Balaban J connectivity index is 2.13. The maximum atomic E-state index is 4.49. The predicted molar refractivity (Wildman–Crippen MR) is 74.4 cm³/mol. The number of hydrogen-bond acceptors (Lipinski definition) is 5. The standard InChI is InChI=1S/C13H20N6/c1-4-7-19-9-10(8-14-19)15-13-16-11(5-2)12(6-3)17-18-13/h8-9H,4-7H2,1-3H3,(H,15,16,18). The smallest absolute Gasteiger partial charge is 0.247 e. The van der Waals surface area contributed by atoms with Crippen molar-refractivity contribution >= 4 is 11.6 Å². The Hall–Kier alpha value is -1.98.